The summed E-state index contributed by atoms with van der Waals surface area (Å²) in [6.45, 7) is 2.90. The van der Waals surface area contributed by atoms with E-state index in [1.165, 1.54) is 4.90 Å². The number of halogens is 2. The van der Waals surface area contributed by atoms with Crippen LogP contribution in [-0.2, 0) is 4.79 Å². The molecular formula is C11H12ClFN2O4. The van der Waals surface area contributed by atoms with Crippen molar-refractivity contribution in [2.75, 3.05) is 11.4 Å². The van der Waals surface area contributed by atoms with Gasteiger partial charge in [-0.05, 0) is 19.9 Å². The Morgan fingerprint density at radius 1 is 1.58 bits per heavy atom. The molecule has 1 N–H and O–H groups in total. The summed E-state index contributed by atoms with van der Waals surface area (Å²) in [7, 11) is 0. The molecule has 104 valence electrons. The number of hydrogen-bond donors (Lipinski definition) is 1. The highest BCUT2D eigenvalue weighted by molar-refractivity contribution is 6.31. The van der Waals surface area contributed by atoms with Gasteiger partial charge in [0.25, 0.3) is 5.69 Å². The van der Waals surface area contributed by atoms with Crippen LogP contribution in [0.1, 0.15) is 13.8 Å². The minimum atomic E-state index is -1.15. The Bertz CT molecular complexity index is 522. The highest BCUT2D eigenvalue weighted by Gasteiger charge is 2.25. The molecule has 8 heteroatoms. The molecule has 0 heterocycles. The number of nitrogens with zero attached hydrogens (tertiary/aromatic N) is 2. The molecule has 0 spiro atoms. The Morgan fingerprint density at radius 2 is 2.16 bits per heavy atom. The highest BCUT2D eigenvalue weighted by atomic mass is 35.5. The number of nitro groups is 1. The van der Waals surface area contributed by atoms with E-state index in [4.69, 9.17) is 16.7 Å². The lowest BCUT2D eigenvalue weighted by molar-refractivity contribution is -0.384. The number of anilines is 1. The first-order chi connectivity index (χ1) is 8.73. The van der Waals surface area contributed by atoms with Gasteiger partial charge in [-0.2, -0.15) is 0 Å². The summed E-state index contributed by atoms with van der Waals surface area (Å²) >= 11 is 5.60. The fraction of sp³-hybridized carbons (Fsp3) is 0.364. The van der Waals surface area contributed by atoms with Crippen LogP contribution in [0.2, 0.25) is 5.02 Å². The molecule has 0 aliphatic carbocycles. The minimum Gasteiger partial charge on any atom is -0.480 e. The van der Waals surface area contributed by atoms with Crippen molar-refractivity contribution in [3.63, 3.8) is 0 Å². The van der Waals surface area contributed by atoms with E-state index in [0.717, 1.165) is 6.07 Å². The average molecular weight is 291 g/mol. The normalized spacial score (nSPS) is 10.6. The fourth-order valence-electron chi connectivity index (χ4n) is 1.59. The predicted molar refractivity (Wildman–Crippen MR) is 68.2 cm³/mol. The van der Waals surface area contributed by atoms with Gasteiger partial charge < -0.3 is 10.0 Å². The van der Waals surface area contributed by atoms with Gasteiger partial charge in [0.1, 0.15) is 18.0 Å². The lowest BCUT2D eigenvalue weighted by Gasteiger charge is -2.26. The molecule has 1 aromatic carbocycles. The van der Waals surface area contributed by atoms with Gasteiger partial charge >= 0.3 is 5.97 Å². The number of aliphatic carboxylic acids is 1. The first kappa shape index (κ1) is 15.2. The number of nitro benzene ring substituents is 1. The molecule has 0 bridgehead atoms. The van der Waals surface area contributed by atoms with Crippen molar-refractivity contribution >= 4 is 28.9 Å². The Kier molecular flexibility index (Phi) is 4.66. The molecule has 0 radical (unpaired) electrons. The van der Waals surface area contributed by atoms with Crippen LogP contribution in [0.5, 0.6) is 0 Å². The fourth-order valence-corrected chi connectivity index (χ4v) is 1.75. The number of carbonyl (C=O) groups is 1. The van der Waals surface area contributed by atoms with E-state index in [1.807, 2.05) is 0 Å². The van der Waals surface area contributed by atoms with Crippen molar-refractivity contribution in [2.24, 2.45) is 0 Å². The standard InChI is InChI=1S/C11H12ClFN2O4/c1-6(2)14(5-11(16)17)9-3-7(12)8(13)4-10(9)15(18)19/h3-4,6H,5H2,1-2H3,(H,16,17). The second-order valence-corrected chi connectivity index (χ2v) is 4.53. The van der Waals surface area contributed by atoms with Gasteiger partial charge in [0.05, 0.1) is 16.0 Å². The van der Waals surface area contributed by atoms with Crippen LogP contribution >= 0.6 is 11.6 Å². The van der Waals surface area contributed by atoms with E-state index in [-0.39, 0.29) is 16.8 Å². The van der Waals surface area contributed by atoms with E-state index in [2.05, 4.69) is 0 Å². The van der Waals surface area contributed by atoms with Crippen LogP contribution in [0.25, 0.3) is 0 Å². The van der Waals surface area contributed by atoms with Crippen molar-refractivity contribution in [3.05, 3.63) is 33.1 Å². The van der Waals surface area contributed by atoms with E-state index in [9.17, 15) is 19.3 Å². The van der Waals surface area contributed by atoms with E-state index >= 15 is 0 Å². The largest absolute Gasteiger partial charge is 0.480 e. The number of hydrogen-bond acceptors (Lipinski definition) is 4. The molecule has 0 fully saturated rings. The summed E-state index contributed by atoms with van der Waals surface area (Å²) in [5.74, 6) is -2.07. The second-order valence-electron chi connectivity index (χ2n) is 4.13. The zero-order valence-electron chi connectivity index (χ0n) is 10.3. The maximum Gasteiger partial charge on any atom is 0.323 e. The number of rotatable bonds is 5. The first-order valence-corrected chi connectivity index (χ1v) is 5.73. The molecule has 0 aliphatic rings. The quantitative estimate of drug-likeness (QED) is 0.666. The summed E-state index contributed by atoms with van der Waals surface area (Å²) in [5.41, 5.74) is -0.536. The van der Waals surface area contributed by atoms with Crippen LogP contribution in [-0.4, -0.2) is 28.6 Å². The van der Waals surface area contributed by atoms with Crippen molar-refractivity contribution in [1.29, 1.82) is 0 Å². The van der Waals surface area contributed by atoms with E-state index in [0.29, 0.717) is 6.07 Å². The molecular weight excluding hydrogens is 279 g/mol. The van der Waals surface area contributed by atoms with E-state index in [1.54, 1.807) is 13.8 Å². The molecule has 0 aromatic heterocycles. The second kappa shape index (κ2) is 5.83. The summed E-state index contributed by atoms with van der Waals surface area (Å²) in [6, 6.07) is 1.43. The minimum absolute atomic E-state index is 0.0196. The van der Waals surface area contributed by atoms with Gasteiger partial charge in [0.15, 0.2) is 0 Å². The zero-order valence-corrected chi connectivity index (χ0v) is 11.0. The predicted octanol–water partition coefficient (Wildman–Crippen LogP) is 2.69. The van der Waals surface area contributed by atoms with Crippen LogP contribution in [0.4, 0.5) is 15.8 Å². The molecule has 0 aliphatic heterocycles. The Hall–Kier alpha value is -1.89. The maximum absolute atomic E-state index is 13.3. The third-order valence-corrected chi connectivity index (χ3v) is 2.74. The number of carboxylic acid groups (broad SMARTS) is 1. The molecule has 0 saturated carbocycles. The van der Waals surface area contributed by atoms with Crippen molar-refractivity contribution in [2.45, 2.75) is 19.9 Å². The van der Waals surface area contributed by atoms with Crippen molar-refractivity contribution in [1.82, 2.24) is 0 Å². The van der Waals surface area contributed by atoms with Crippen LogP contribution in [0.3, 0.4) is 0 Å². The van der Waals surface area contributed by atoms with Gasteiger partial charge in [-0.25, -0.2) is 4.39 Å². The Balaban J connectivity index is 3.39. The summed E-state index contributed by atoms with van der Waals surface area (Å²) in [5, 5.41) is 19.5. The molecule has 0 atom stereocenters. The molecule has 6 nitrogen and oxygen atoms in total. The summed E-state index contributed by atoms with van der Waals surface area (Å²) in [4.78, 5) is 22.2. The van der Waals surface area contributed by atoms with Crippen LogP contribution in [0, 0.1) is 15.9 Å². The number of carboxylic acids is 1. The summed E-state index contributed by atoms with van der Waals surface area (Å²) in [6.07, 6.45) is 0. The van der Waals surface area contributed by atoms with Crippen LogP contribution in [0.15, 0.2) is 12.1 Å². The van der Waals surface area contributed by atoms with Crippen molar-refractivity contribution in [3.8, 4) is 0 Å². The van der Waals surface area contributed by atoms with Gasteiger partial charge in [0, 0.05) is 6.04 Å². The lowest BCUT2D eigenvalue weighted by Crippen LogP contribution is -2.36. The van der Waals surface area contributed by atoms with Crippen molar-refractivity contribution < 1.29 is 19.2 Å². The topological polar surface area (TPSA) is 83.7 Å². The Labute approximate surface area is 113 Å². The molecule has 1 rings (SSSR count). The van der Waals surface area contributed by atoms with Gasteiger partial charge in [0.2, 0.25) is 0 Å². The molecule has 19 heavy (non-hydrogen) atoms. The SMILES string of the molecule is CC(C)N(CC(=O)O)c1cc(Cl)c(F)cc1[N+](=O)[O-]. The monoisotopic (exact) mass is 290 g/mol. The molecule has 0 amide bonds. The van der Waals surface area contributed by atoms with Gasteiger partial charge in [-0.3, -0.25) is 14.9 Å². The summed E-state index contributed by atoms with van der Waals surface area (Å²) < 4.78 is 13.3. The van der Waals surface area contributed by atoms with Gasteiger partial charge in [-0.1, -0.05) is 11.6 Å². The Morgan fingerprint density at radius 3 is 2.58 bits per heavy atom. The third kappa shape index (κ3) is 3.54. The molecule has 0 saturated heterocycles. The lowest BCUT2D eigenvalue weighted by atomic mass is 10.2. The number of benzene rings is 1. The maximum atomic E-state index is 13.3. The van der Waals surface area contributed by atoms with E-state index < -0.39 is 28.9 Å². The molecule has 1 aromatic rings. The smallest absolute Gasteiger partial charge is 0.323 e. The van der Waals surface area contributed by atoms with Gasteiger partial charge in [-0.15, -0.1) is 0 Å². The zero-order chi connectivity index (χ0) is 14.7. The highest BCUT2D eigenvalue weighted by Crippen LogP contribution is 2.34. The molecule has 0 unspecified atom stereocenters. The average Bonchev–Trinajstić information content (AvgIpc) is 2.28. The third-order valence-electron chi connectivity index (χ3n) is 2.45. The van der Waals surface area contributed by atoms with Crippen LogP contribution < -0.4 is 4.90 Å². The first-order valence-electron chi connectivity index (χ1n) is 5.36.